The first-order chi connectivity index (χ1) is 14.4. The molecule has 1 aliphatic rings. The second-order valence-corrected chi connectivity index (χ2v) is 10.1. The van der Waals surface area contributed by atoms with Gasteiger partial charge in [0.1, 0.15) is 11.7 Å². The third-order valence-corrected chi connectivity index (χ3v) is 5.86. The van der Waals surface area contributed by atoms with E-state index in [1.165, 1.54) is 6.20 Å². The predicted octanol–water partition coefficient (Wildman–Crippen LogP) is 5.22. The maximum Gasteiger partial charge on any atom is 0.221 e. The van der Waals surface area contributed by atoms with Gasteiger partial charge in [-0.15, -0.1) is 0 Å². The number of amides is 1. The molecule has 0 radical (unpaired) electrons. The van der Waals surface area contributed by atoms with Crippen molar-refractivity contribution in [2.24, 2.45) is 5.92 Å². The summed E-state index contributed by atoms with van der Waals surface area (Å²) in [7, 11) is 0. The van der Waals surface area contributed by atoms with Crippen LogP contribution in [0.1, 0.15) is 56.2 Å². The lowest BCUT2D eigenvalue weighted by atomic mass is 9.85. The molecule has 0 bridgehead atoms. The molecule has 5 nitrogen and oxygen atoms in total. The number of ketones is 2. The molecule has 1 aromatic carbocycles. The predicted molar refractivity (Wildman–Crippen MR) is 123 cm³/mol. The van der Waals surface area contributed by atoms with Crippen molar-refractivity contribution < 1.29 is 14.4 Å². The Morgan fingerprint density at radius 3 is 2.29 bits per heavy atom. The molecule has 1 heterocycles. The van der Waals surface area contributed by atoms with Gasteiger partial charge in [0.15, 0.2) is 5.78 Å². The first-order valence-electron chi connectivity index (χ1n) is 10.2. The fourth-order valence-corrected chi connectivity index (χ4v) is 4.71. The smallest absolute Gasteiger partial charge is 0.221 e. The minimum Gasteiger partial charge on any atom is -0.351 e. The quantitative estimate of drug-likeness (QED) is 0.634. The molecule has 164 valence electrons. The maximum absolute atomic E-state index is 13.1. The van der Waals surface area contributed by atoms with Crippen molar-refractivity contribution in [3.63, 3.8) is 0 Å². The van der Waals surface area contributed by atoms with Gasteiger partial charge >= 0.3 is 0 Å². The molecule has 0 aliphatic heterocycles. The van der Waals surface area contributed by atoms with Crippen LogP contribution in [-0.2, 0) is 14.4 Å². The molecule has 2 unspecified atom stereocenters. The van der Waals surface area contributed by atoms with Gasteiger partial charge in [0.2, 0.25) is 5.91 Å². The molecule has 1 aromatic heterocycles. The summed E-state index contributed by atoms with van der Waals surface area (Å²) in [4.78, 5) is 42.5. The van der Waals surface area contributed by atoms with Crippen LogP contribution in [0.4, 0.5) is 0 Å². The van der Waals surface area contributed by atoms with Crippen LogP contribution in [0.25, 0.3) is 11.3 Å². The third kappa shape index (κ3) is 5.16. The number of aryl methyl sites for hydroxylation is 2. The van der Waals surface area contributed by atoms with E-state index >= 15 is 0 Å². The van der Waals surface area contributed by atoms with Crippen LogP contribution in [0.5, 0.6) is 0 Å². The Labute approximate surface area is 192 Å². The second-order valence-electron chi connectivity index (χ2n) is 9.21. The number of Topliss-reactive ketones (excluding diaryl/α,β-unsaturated/α-hetero) is 2. The minimum absolute atomic E-state index is 0.0266. The normalized spacial score (nSPS) is 19.1. The zero-order valence-electron chi connectivity index (χ0n) is 18.3. The fourth-order valence-electron chi connectivity index (χ4n) is 4.22. The molecule has 7 heteroatoms. The van der Waals surface area contributed by atoms with Crippen molar-refractivity contribution >= 4 is 40.7 Å². The van der Waals surface area contributed by atoms with Gasteiger partial charge < -0.3 is 5.32 Å². The summed E-state index contributed by atoms with van der Waals surface area (Å²) in [6, 6.07) is 5.39. The summed E-state index contributed by atoms with van der Waals surface area (Å²) < 4.78 is 0. The van der Waals surface area contributed by atoms with Crippen LogP contribution >= 0.6 is 23.2 Å². The Bertz CT molecular complexity index is 1050. The average molecular weight is 461 g/mol. The van der Waals surface area contributed by atoms with E-state index in [1.54, 1.807) is 6.07 Å². The van der Waals surface area contributed by atoms with Gasteiger partial charge in [-0.2, -0.15) is 0 Å². The van der Waals surface area contributed by atoms with Crippen LogP contribution in [0.3, 0.4) is 0 Å². The number of nitrogens with zero attached hydrogens (tertiary/aromatic N) is 1. The van der Waals surface area contributed by atoms with Gasteiger partial charge in [0, 0.05) is 36.1 Å². The zero-order chi connectivity index (χ0) is 23.1. The number of benzene rings is 1. The van der Waals surface area contributed by atoms with E-state index in [0.717, 1.165) is 16.7 Å². The Morgan fingerprint density at radius 1 is 1.13 bits per heavy atom. The highest BCUT2D eigenvalue weighted by Gasteiger charge is 2.44. The highest BCUT2D eigenvalue weighted by molar-refractivity contribution is 6.36. The number of carbonyl (C=O) groups excluding carboxylic acids is 3. The Kier molecular flexibility index (Phi) is 6.59. The van der Waals surface area contributed by atoms with Crippen molar-refractivity contribution in [3.8, 4) is 11.3 Å². The van der Waals surface area contributed by atoms with Crippen molar-refractivity contribution in [1.29, 1.82) is 0 Å². The van der Waals surface area contributed by atoms with E-state index in [1.807, 2.05) is 46.8 Å². The number of pyridine rings is 1. The standard InChI is InChI=1S/C24H26Cl2N2O3/c1-12-6-14(22-17(26)10-16(25)11-27-22)7-13(2)20(12)21-18(29)8-15(23(21)31)9-19(30)28-24(3,4)5/h6-7,10-11,15,21H,8-9H2,1-5H3,(H,28,30). The Balaban J connectivity index is 1.89. The largest absolute Gasteiger partial charge is 0.351 e. The first kappa shape index (κ1) is 23.4. The van der Waals surface area contributed by atoms with Crippen molar-refractivity contribution in [3.05, 3.63) is 51.1 Å². The lowest BCUT2D eigenvalue weighted by Gasteiger charge is -2.21. The lowest BCUT2D eigenvalue weighted by Crippen LogP contribution is -2.41. The van der Waals surface area contributed by atoms with E-state index in [4.69, 9.17) is 23.2 Å². The number of rotatable bonds is 4. The van der Waals surface area contributed by atoms with Gasteiger partial charge in [-0.25, -0.2) is 0 Å². The molecule has 1 aliphatic carbocycles. The van der Waals surface area contributed by atoms with Gasteiger partial charge in [-0.3, -0.25) is 19.4 Å². The van der Waals surface area contributed by atoms with Crippen LogP contribution in [0.2, 0.25) is 10.0 Å². The first-order valence-corrected chi connectivity index (χ1v) is 10.9. The number of carbonyl (C=O) groups is 3. The molecule has 31 heavy (non-hydrogen) atoms. The summed E-state index contributed by atoms with van der Waals surface area (Å²) in [6.07, 6.45) is 1.64. The third-order valence-electron chi connectivity index (χ3n) is 5.37. The van der Waals surface area contributed by atoms with Crippen molar-refractivity contribution in [2.45, 2.75) is 58.9 Å². The highest BCUT2D eigenvalue weighted by atomic mass is 35.5. The number of aromatic nitrogens is 1. The number of hydrogen-bond donors (Lipinski definition) is 1. The molecule has 0 spiro atoms. The molecule has 2 atom stereocenters. The fraction of sp³-hybridized carbons (Fsp3) is 0.417. The molecular weight excluding hydrogens is 435 g/mol. The lowest BCUT2D eigenvalue weighted by molar-refractivity contribution is -0.129. The Morgan fingerprint density at radius 2 is 1.74 bits per heavy atom. The van der Waals surface area contributed by atoms with E-state index in [9.17, 15) is 14.4 Å². The van der Waals surface area contributed by atoms with Crippen LogP contribution in [0, 0.1) is 19.8 Å². The minimum atomic E-state index is -0.838. The summed E-state index contributed by atoms with van der Waals surface area (Å²) in [5, 5.41) is 3.74. The SMILES string of the molecule is Cc1cc(-c2ncc(Cl)cc2Cl)cc(C)c1C1C(=O)CC(CC(=O)NC(C)(C)C)C1=O. The molecule has 0 saturated heterocycles. The monoisotopic (exact) mass is 460 g/mol. The van der Waals surface area contributed by atoms with E-state index in [2.05, 4.69) is 10.3 Å². The molecule has 1 fully saturated rings. The van der Waals surface area contributed by atoms with Gasteiger partial charge in [0.25, 0.3) is 0 Å². The zero-order valence-corrected chi connectivity index (χ0v) is 19.8. The van der Waals surface area contributed by atoms with Crippen molar-refractivity contribution in [2.75, 3.05) is 0 Å². The molecule has 2 aromatic rings. The number of halogens is 2. The van der Waals surface area contributed by atoms with Crippen LogP contribution in [-0.4, -0.2) is 28.0 Å². The average Bonchev–Trinajstić information content (AvgIpc) is 2.87. The summed E-state index contributed by atoms with van der Waals surface area (Å²) in [5.74, 6) is -1.97. The molecular formula is C24H26Cl2N2O3. The van der Waals surface area contributed by atoms with Crippen molar-refractivity contribution in [1.82, 2.24) is 10.3 Å². The summed E-state index contributed by atoms with van der Waals surface area (Å²) in [6.45, 7) is 9.38. The second kappa shape index (κ2) is 8.71. The van der Waals surface area contributed by atoms with E-state index < -0.39 is 11.8 Å². The van der Waals surface area contributed by atoms with Gasteiger partial charge in [0.05, 0.1) is 15.7 Å². The topological polar surface area (TPSA) is 76.1 Å². The molecule has 3 rings (SSSR count). The van der Waals surface area contributed by atoms with E-state index in [0.29, 0.717) is 21.3 Å². The molecule has 1 N–H and O–H groups in total. The molecule has 1 saturated carbocycles. The van der Waals surface area contributed by atoms with E-state index in [-0.39, 0.29) is 35.9 Å². The molecule has 1 amide bonds. The highest BCUT2D eigenvalue weighted by Crippen LogP contribution is 2.39. The number of nitrogens with one attached hydrogen (secondary N) is 1. The van der Waals surface area contributed by atoms with Crippen LogP contribution in [0.15, 0.2) is 24.4 Å². The Hall–Kier alpha value is -2.24. The maximum atomic E-state index is 13.1. The summed E-state index contributed by atoms with van der Waals surface area (Å²) >= 11 is 12.2. The van der Waals surface area contributed by atoms with Gasteiger partial charge in [-0.05, 0) is 69.5 Å². The van der Waals surface area contributed by atoms with Gasteiger partial charge in [-0.1, -0.05) is 23.2 Å². The number of hydrogen-bond acceptors (Lipinski definition) is 4. The van der Waals surface area contributed by atoms with Crippen LogP contribution < -0.4 is 5.32 Å². The summed E-state index contributed by atoms with van der Waals surface area (Å²) in [5.41, 5.74) is 3.33.